The Balaban J connectivity index is 1.58. The molecule has 126 valence electrons. The van der Waals surface area contributed by atoms with Gasteiger partial charge in [0.15, 0.2) is 11.5 Å². The third-order valence-corrected chi connectivity index (χ3v) is 5.12. The number of H-pyrrole nitrogens is 1. The normalized spacial score (nSPS) is 15.1. The molecule has 1 aliphatic carbocycles. The van der Waals surface area contributed by atoms with Gasteiger partial charge in [-0.2, -0.15) is 0 Å². The first-order valence-electron chi connectivity index (χ1n) is 8.65. The van der Waals surface area contributed by atoms with E-state index in [4.69, 9.17) is 0 Å². The standard InChI is InChI=1S/C19H18FN5/c1-11-9-25-10-13(6-16(20)19(25)23-11)14-7-22-18-15(14)8-21-17(24-18)5-12-3-2-4-12/h6-10,12H,2-5H2,1H3,(H,21,22,24). The number of halogens is 1. The number of nitrogens with one attached hydrogen (secondary N) is 1. The second-order valence-electron chi connectivity index (χ2n) is 6.94. The number of aromatic amines is 1. The smallest absolute Gasteiger partial charge is 0.173 e. The van der Waals surface area contributed by atoms with Gasteiger partial charge in [-0.05, 0) is 18.9 Å². The van der Waals surface area contributed by atoms with E-state index in [1.807, 2.05) is 31.7 Å². The number of aromatic nitrogens is 5. The van der Waals surface area contributed by atoms with Crippen LogP contribution in [0.3, 0.4) is 0 Å². The van der Waals surface area contributed by atoms with Gasteiger partial charge in [-0.15, -0.1) is 0 Å². The van der Waals surface area contributed by atoms with Crippen molar-refractivity contribution in [1.29, 1.82) is 0 Å². The van der Waals surface area contributed by atoms with E-state index >= 15 is 0 Å². The van der Waals surface area contributed by atoms with Crippen molar-refractivity contribution < 1.29 is 4.39 Å². The van der Waals surface area contributed by atoms with Gasteiger partial charge >= 0.3 is 0 Å². The Morgan fingerprint density at radius 1 is 1.28 bits per heavy atom. The van der Waals surface area contributed by atoms with Gasteiger partial charge in [-0.1, -0.05) is 19.3 Å². The third-order valence-electron chi connectivity index (χ3n) is 5.12. The third kappa shape index (κ3) is 2.40. The van der Waals surface area contributed by atoms with Gasteiger partial charge in [-0.3, -0.25) is 0 Å². The molecule has 5 rings (SSSR count). The van der Waals surface area contributed by atoms with Crippen molar-refractivity contribution in [3.05, 3.63) is 48.2 Å². The number of aryl methyl sites for hydroxylation is 1. The number of rotatable bonds is 3. The van der Waals surface area contributed by atoms with Crippen molar-refractivity contribution in [3.63, 3.8) is 0 Å². The average Bonchev–Trinajstić information content (AvgIpc) is 3.13. The van der Waals surface area contributed by atoms with Crippen LogP contribution in [0.4, 0.5) is 4.39 Å². The van der Waals surface area contributed by atoms with Gasteiger partial charge in [0.05, 0.1) is 5.69 Å². The van der Waals surface area contributed by atoms with Gasteiger partial charge in [0.2, 0.25) is 0 Å². The highest BCUT2D eigenvalue weighted by atomic mass is 19.1. The zero-order valence-electron chi connectivity index (χ0n) is 14.0. The molecule has 1 aliphatic rings. The predicted molar refractivity (Wildman–Crippen MR) is 93.8 cm³/mol. The molecule has 0 aromatic carbocycles. The topological polar surface area (TPSA) is 58.9 Å². The van der Waals surface area contributed by atoms with E-state index < -0.39 is 0 Å². The van der Waals surface area contributed by atoms with E-state index in [2.05, 4.69) is 19.9 Å². The maximum absolute atomic E-state index is 14.4. The van der Waals surface area contributed by atoms with Crippen molar-refractivity contribution in [2.24, 2.45) is 5.92 Å². The lowest BCUT2D eigenvalue weighted by Gasteiger charge is -2.24. The van der Waals surface area contributed by atoms with Crippen LogP contribution in [0.1, 0.15) is 30.8 Å². The van der Waals surface area contributed by atoms with Crippen LogP contribution < -0.4 is 0 Å². The molecule has 5 nitrogen and oxygen atoms in total. The summed E-state index contributed by atoms with van der Waals surface area (Å²) in [5, 5.41) is 0.910. The quantitative estimate of drug-likeness (QED) is 0.614. The Morgan fingerprint density at radius 2 is 2.16 bits per heavy atom. The van der Waals surface area contributed by atoms with Gasteiger partial charge < -0.3 is 9.38 Å². The number of fused-ring (bicyclic) bond motifs is 2. The lowest BCUT2D eigenvalue weighted by atomic mass is 9.83. The monoisotopic (exact) mass is 335 g/mol. The lowest BCUT2D eigenvalue weighted by molar-refractivity contribution is 0.309. The van der Waals surface area contributed by atoms with Gasteiger partial charge in [0, 0.05) is 47.7 Å². The Kier molecular flexibility index (Phi) is 3.13. The summed E-state index contributed by atoms with van der Waals surface area (Å²) >= 11 is 0. The van der Waals surface area contributed by atoms with Gasteiger partial charge in [0.1, 0.15) is 11.5 Å². The van der Waals surface area contributed by atoms with Crippen LogP contribution in [0.25, 0.3) is 27.8 Å². The molecule has 1 saturated carbocycles. The first kappa shape index (κ1) is 14.6. The summed E-state index contributed by atoms with van der Waals surface area (Å²) in [6.45, 7) is 1.86. The van der Waals surface area contributed by atoms with E-state index in [0.717, 1.165) is 46.0 Å². The summed E-state index contributed by atoms with van der Waals surface area (Å²) in [5.41, 5.74) is 3.63. The fraction of sp³-hybridized carbons (Fsp3) is 0.316. The zero-order chi connectivity index (χ0) is 17.0. The molecule has 4 aromatic heterocycles. The van der Waals surface area contributed by atoms with E-state index in [1.165, 1.54) is 25.3 Å². The largest absolute Gasteiger partial charge is 0.345 e. The Labute approximate surface area is 144 Å². The average molecular weight is 335 g/mol. The summed E-state index contributed by atoms with van der Waals surface area (Å²) in [5.74, 6) is 1.29. The first-order chi connectivity index (χ1) is 12.2. The van der Waals surface area contributed by atoms with Crippen LogP contribution in [0.5, 0.6) is 0 Å². The molecule has 0 amide bonds. The van der Waals surface area contributed by atoms with Crippen LogP contribution in [0.2, 0.25) is 0 Å². The Bertz CT molecular complexity index is 1090. The van der Waals surface area contributed by atoms with Crippen LogP contribution in [-0.4, -0.2) is 24.3 Å². The van der Waals surface area contributed by atoms with Crippen LogP contribution in [-0.2, 0) is 6.42 Å². The maximum atomic E-state index is 14.4. The Hall–Kier alpha value is -2.76. The van der Waals surface area contributed by atoms with Crippen molar-refractivity contribution in [3.8, 4) is 11.1 Å². The molecule has 0 bridgehead atoms. The molecular formula is C19H18FN5. The number of pyridine rings is 1. The molecular weight excluding hydrogens is 317 g/mol. The summed E-state index contributed by atoms with van der Waals surface area (Å²) in [6.07, 6.45) is 12.3. The molecule has 0 unspecified atom stereocenters. The second kappa shape index (κ2) is 5.37. The van der Waals surface area contributed by atoms with Crippen molar-refractivity contribution >= 4 is 16.7 Å². The minimum atomic E-state index is -0.331. The molecule has 6 heteroatoms. The van der Waals surface area contributed by atoms with Crippen molar-refractivity contribution in [2.75, 3.05) is 0 Å². The van der Waals surface area contributed by atoms with E-state index in [-0.39, 0.29) is 5.82 Å². The molecule has 4 heterocycles. The lowest BCUT2D eigenvalue weighted by Crippen LogP contribution is -2.15. The summed E-state index contributed by atoms with van der Waals surface area (Å²) in [4.78, 5) is 16.6. The highest BCUT2D eigenvalue weighted by Crippen LogP contribution is 2.31. The summed E-state index contributed by atoms with van der Waals surface area (Å²) in [6, 6.07) is 1.52. The van der Waals surface area contributed by atoms with Crippen LogP contribution >= 0.6 is 0 Å². The SMILES string of the molecule is Cc1cn2cc(-c3c[nH]c4nc(CC5CCC5)ncc34)cc(F)c2n1. The molecule has 0 spiro atoms. The molecule has 0 saturated heterocycles. The molecule has 25 heavy (non-hydrogen) atoms. The molecule has 0 aliphatic heterocycles. The van der Waals surface area contributed by atoms with Gasteiger partial charge in [-0.25, -0.2) is 19.3 Å². The molecule has 4 aromatic rings. The number of imidazole rings is 1. The highest BCUT2D eigenvalue weighted by Gasteiger charge is 2.20. The fourth-order valence-electron chi connectivity index (χ4n) is 3.56. The number of hydrogen-bond acceptors (Lipinski definition) is 3. The molecule has 0 atom stereocenters. The van der Waals surface area contributed by atoms with Crippen molar-refractivity contribution in [2.45, 2.75) is 32.6 Å². The van der Waals surface area contributed by atoms with E-state index in [0.29, 0.717) is 5.65 Å². The summed E-state index contributed by atoms with van der Waals surface area (Å²) < 4.78 is 16.1. The first-order valence-corrected chi connectivity index (χ1v) is 8.65. The fourth-order valence-corrected chi connectivity index (χ4v) is 3.56. The van der Waals surface area contributed by atoms with E-state index in [9.17, 15) is 4.39 Å². The van der Waals surface area contributed by atoms with Gasteiger partial charge in [0.25, 0.3) is 0 Å². The molecule has 0 radical (unpaired) electrons. The van der Waals surface area contributed by atoms with E-state index in [1.54, 1.807) is 4.40 Å². The van der Waals surface area contributed by atoms with Crippen molar-refractivity contribution in [1.82, 2.24) is 24.3 Å². The number of hydrogen-bond donors (Lipinski definition) is 1. The minimum absolute atomic E-state index is 0.331. The summed E-state index contributed by atoms with van der Waals surface area (Å²) in [7, 11) is 0. The maximum Gasteiger partial charge on any atom is 0.173 e. The Morgan fingerprint density at radius 3 is 2.96 bits per heavy atom. The highest BCUT2D eigenvalue weighted by molar-refractivity contribution is 5.93. The van der Waals surface area contributed by atoms with Crippen LogP contribution in [0.15, 0.2) is 30.9 Å². The van der Waals surface area contributed by atoms with Crippen LogP contribution in [0, 0.1) is 18.7 Å². The number of nitrogens with zero attached hydrogens (tertiary/aromatic N) is 4. The predicted octanol–water partition coefficient (Wildman–Crippen LogP) is 4.06. The zero-order valence-corrected chi connectivity index (χ0v) is 14.0. The minimum Gasteiger partial charge on any atom is -0.345 e. The molecule has 1 fully saturated rings. The second-order valence-corrected chi connectivity index (χ2v) is 6.94. The molecule has 1 N–H and O–H groups in total.